The second-order valence-corrected chi connectivity index (χ2v) is 7.58. The molecule has 2 amide bonds. The van der Waals surface area contributed by atoms with Crippen LogP contribution in [0, 0.1) is 5.82 Å². The molecule has 7 heteroatoms. The Kier molecular flexibility index (Phi) is 5.38. The molecule has 0 atom stereocenters. The molecular weight excluding hydrogens is 361 g/mol. The SMILES string of the molecule is CN(C)Cc1cccc(OCC(=O)N2c3ccc(F)cc3NC(=O)C2(C)C)c1. The number of hydrogen-bond acceptors (Lipinski definition) is 4. The van der Waals surface area contributed by atoms with Gasteiger partial charge in [0.05, 0.1) is 11.4 Å². The van der Waals surface area contributed by atoms with Crippen LogP contribution in [0.2, 0.25) is 0 Å². The second-order valence-electron chi connectivity index (χ2n) is 7.58. The molecule has 0 fully saturated rings. The fourth-order valence-corrected chi connectivity index (χ4v) is 3.24. The lowest BCUT2D eigenvalue weighted by Gasteiger charge is -2.41. The Hall–Kier alpha value is -2.93. The van der Waals surface area contributed by atoms with Crippen LogP contribution < -0.4 is 15.0 Å². The number of carbonyl (C=O) groups excluding carboxylic acids is 2. The Morgan fingerprint density at radius 1 is 1.21 bits per heavy atom. The lowest BCUT2D eigenvalue weighted by atomic mass is 9.96. The summed E-state index contributed by atoms with van der Waals surface area (Å²) in [5, 5.41) is 2.66. The van der Waals surface area contributed by atoms with Gasteiger partial charge in [-0.2, -0.15) is 0 Å². The zero-order valence-corrected chi connectivity index (χ0v) is 16.5. The first-order chi connectivity index (χ1) is 13.2. The number of halogens is 1. The summed E-state index contributed by atoms with van der Waals surface area (Å²) in [4.78, 5) is 28.8. The molecule has 0 saturated carbocycles. The summed E-state index contributed by atoms with van der Waals surface area (Å²) in [7, 11) is 3.95. The Labute approximate surface area is 163 Å². The van der Waals surface area contributed by atoms with Crippen molar-refractivity contribution < 1.29 is 18.7 Å². The molecule has 2 aromatic rings. The van der Waals surface area contributed by atoms with Gasteiger partial charge in [-0.25, -0.2) is 4.39 Å². The van der Waals surface area contributed by atoms with Crippen LogP contribution >= 0.6 is 0 Å². The van der Waals surface area contributed by atoms with Gasteiger partial charge in [0.15, 0.2) is 6.61 Å². The van der Waals surface area contributed by atoms with Crippen LogP contribution in [0.3, 0.4) is 0 Å². The lowest BCUT2D eigenvalue weighted by molar-refractivity contribution is -0.127. The minimum absolute atomic E-state index is 0.237. The third-order valence-corrected chi connectivity index (χ3v) is 4.57. The summed E-state index contributed by atoms with van der Waals surface area (Å²) < 4.78 is 19.3. The fraction of sp³-hybridized carbons (Fsp3) is 0.333. The van der Waals surface area contributed by atoms with E-state index in [0.29, 0.717) is 11.4 Å². The molecule has 0 bridgehead atoms. The van der Waals surface area contributed by atoms with Crippen LogP contribution in [0.1, 0.15) is 19.4 Å². The maximum absolute atomic E-state index is 13.6. The molecule has 28 heavy (non-hydrogen) atoms. The maximum atomic E-state index is 13.6. The molecule has 0 unspecified atom stereocenters. The zero-order chi connectivity index (χ0) is 20.5. The number of fused-ring (bicyclic) bond motifs is 1. The standard InChI is InChI=1S/C21H24FN3O3/c1-21(2)20(27)23-17-11-15(22)8-9-18(17)25(21)19(26)13-28-16-7-5-6-14(10-16)12-24(3)4/h5-11H,12-13H2,1-4H3,(H,23,27). The molecule has 148 valence electrons. The molecular formula is C21H24FN3O3. The molecule has 1 aliphatic heterocycles. The van der Waals surface area contributed by atoms with Crippen molar-refractivity contribution in [3.05, 3.63) is 53.8 Å². The van der Waals surface area contributed by atoms with Crippen molar-refractivity contribution >= 4 is 23.2 Å². The predicted octanol–water partition coefficient (Wildman–Crippen LogP) is 3.03. The van der Waals surface area contributed by atoms with Crippen LogP contribution in [0.15, 0.2) is 42.5 Å². The minimum Gasteiger partial charge on any atom is -0.484 e. The van der Waals surface area contributed by atoms with Crippen molar-refractivity contribution in [2.75, 3.05) is 30.9 Å². The van der Waals surface area contributed by atoms with Gasteiger partial charge in [0.25, 0.3) is 5.91 Å². The number of ether oxygens (including phenoxy) is 1. The molecule has 6 nitrogen and oxygen atoms in total. The van der Waals surface area contributed by atoms with Gasteiger partial charge in [-0.05, 0) is 63.8 Å². The number of nitrogens with zero attached hydrogens (tertiary/aromatic N) is 2. The highest BCUT2D eigenvalue weighted by Crippen LogP contribution is 2.37. The minimum atomic E-state index is -1.13. The average molecular weight is 385 g/mol. The van der Waals surface area contributed by atoms with Crippen molar-refractivity contribution in [3.8, 4) is 5.75 Å². The zero-order valence-electron chi connectivity index (χ0n) is 16.5. The largest absolute Gasteiger partial charge is 0.484 e. The molecule has 0 radical (unpaired) electrons. The van der Waals surface area contributed by atoms with Crippen molar-refractivity contribution in [2.45, 2.75) is 25.9 Å². The first-order valence-electron chi connectivity index (χ1n) is 8.99. The summed E-state index contributed by atoms with van der Waals surface area (Å²) in [6.45, 7) is 3.80. The maximum Gasteiger partial charge on any atom is 0.265 e. The molecule has 0 aliphatic carbocycles. The van der Waals surface area contributed by atoms with Gasteiger partial charge in [-0.3, -0.25) is 14.5 Å². The molecule has 0 saturated heterocycles. The third kappa shape index (κ3) is 3.99. The quantitative estimate of drug-likeness (QED) is 0.860. The first kappa shape index (κ1) is 19.8. The first-order valence-corrected chi connectivity index (χ1v) is 8.99. The Morgan fingerprint density at radius 2 is 1.96 bits per heavy atom. The van der Waals surface area contributed by atoms with Crippen molar-refractivity contribution in [3.63, 3.8) is 0 Å². The summed E-state index contributed by atoms with van der Waals surface area (Å²) in [5.74, 6) is -0.677. The van der Waals surface area contributed by atoms with Crippen LogP contribution in [0.5, 0.6) is 5.75 Å². The van der Waals surface area contributed by atoms with Gasteiger partial charge in [0, 0.05) is 6.54 Å². The Bertz CT molecular complexity index is 912. The number of hydrogen-bond donors (Lipinski definition) is 1. The molecule has 1 N–H and O–H groups in total. The van der Waals surface area contributed by atoms with E-state index in [4.69, 9.17) is 4.74 Å². The van der Waals surface area contributed by atoms with Crippen LogP contribution in [-0.4, -0.2) is 43.0 Å². The van der Waals surface area contributed by atoms with Gasteiger partial charge in [0.2, 0.25) is 5.91 Å². The Morgan fingerprint density at radius 3 is 2.68 bits per heavy atom. The van der Waals surface area contributed by atoms with E-state index in [-0.39, 0.29) is 24.1 Å². The highest BCUT2D eigenvalue weighted by Gasteiger charge is 2.43. The average Bonchev–Trinajstić information content (AvgIpc) is 2.61. The number of rotatable bonds is 5. The van der Waals surface area contributed by atoms with E-state index in [0.717, 1.165) is 12.1 Å². The van der Waals surface area contributed by atoms with Crippen LogP contribution in [0.4, 0.5) is 15.8 Å². The topological polar surface area (TPSA) is 61.9 Å². The molecule has 1 aliphatic rings. The number of benzene rings is 2. The molecule has 0 spiro atoms. The van der Waals surface area contributed by atoms with E-state index in [2.05, 4.69) is 5.32 Å². The van der Waals surface area contributed by atoms with Gasteiger partial charge in [0.1, 0.15) is 17.1 Å². The van der Waals surface area contributed by atoms with E-state index >= 15 is 0 Å². The fourth-order valence-electron chi connectivity index (χ4n) is 3.24. The highest BCUT2D eigenvalue weighted by molar-refractivity contribution is 6.14. The molecule has 1 heterocycles. The monoisotopic (exact) mass is 385 g/mol. The van der Waals surface area contributed by atoms with Crippen molar-refractivity contribution in [2.24, 2.45) is 0 Å². The number of anilines is 2. The van der Waals surface area contributed by atoms with Gasteiger partial charge in [-0.15, -0.1) is 0 Å². The van der Waals surface area contributed by atoms with Crippen LogP contribution in [0.25, 0.3) is 0 Å². The number of carbonyl (C=O) groups is 2. The van der Waals surface area contributed by atoms with Crippen molar-refractivity contribution in [1.29, 1.82) is 0 Å². The molecule has 2 aromatic carbocycles. The summed E-state index contributed by atoms with van der Waals surface area (Å²) in [6, 6.07) is 11.5. The smallest absolute Gasteiger partial charge is 0.265 e. The lowest BCUT2D eigenvalue weighted by Crippen LogP contribution is -2.59. The molecule has 0 aromatic heterocycles. The van der Waals surface area contributed by atoms with Crippen molar-refractivity contribution in [1.82, 2.24) is 4.90 Å². The van der Waals surface area contributed by atoms with Gasteiger partial charge in [-0.1, -0.05) is 12.1 Å². The van der Waals surface area contributed by atoms with E-state index in [1.165, 1.54) is 23.1 Å². The second kappa shape index (κ2) is 7.59. The van der Waals surface area contributed by atoms with Gasteiger partial charge < -0.3 is 15.0 Å². The number of amides is 2. The van der Waals surface area contributed by atoms with E-state index in [1.54, 1.807) is 19.9 Å². The highest BCUT2D eigenvalue weighted by atomic mass is 19.1. The predicted molar refractivity (Wildman–Crippen MR) is 106 cm³/mol. The van der Waals surface area contributed by atoms with E-state index < -0.39 is 11.4 Å². The third-order valence-electron chi connectivity index (χ3n) is 4.57. The Balaban J connectivity index is 1.81. The normalized spacial score (nSPS) is 15.2. The van der Waals surface area contributed by atoms with Gasteiger partial charge >= 0.3 is 0 Å². The summed E-state index contributed by atoms with van der Waals surface area (Å²) >= 11 is 0. The van der Waals surface area contributed by atoms with Crippen LogP contribution in [-0.2, 0) is 16.1 Å². The van der Waals surface area contributed by atoms with E-state index in [1.807, 2.05) is 37.2 Å². The van der Waals surface area contributed by atoms with E-state index in [9.17, 15) is 14.0 Å². The summed E-state index contributed by atoms with van der Waals surface area (Å²) in [5.41, 5.74) is 0.651. The summed E-state index contributed by atoms with van der Waals surface area (Å²) in [6.07, 6.45) is 0. The number of nitrogens with one attached hydrogen (secondary N) is 1. The molecule has 3 rings (SSSR count).